The summed E-state index contributed by atoms with van der Waals surface area (Å²) in [6, 6.07) is 1.87. The number of anilines is 2. The molecule has 1 aliphatic heterocycles. The molecule has 1 aliphatic rings. The second-order valence-electron chi connectivity index (χ2n) is 7.55. The molecule has 1 N–H and O–H groups in total. The van der Waals surface area contributed by atoms with E-state index < -0.39 is 5.60 Å². The number of piperazine rings is 1. The van der Waals surface area contributed by atoms with Gasteiger partial charge in [0.25, 0.3) is 5.91 Å². The van der Waals surface area contributed by atoms with Crippen LogP contribution in [0.1, 0.15) is 36.3 Å². The van der Waals surface area contributed by atoms with Crippen LogP contribution in [0.3, 0.4) is 0 Å². The molecule has 28 heavy (non-hydrogen) atoms. The Hall–Kier alpha value is -2.68. The fourth-order valence-corrected chi connectivity index (χ4v) is 3.46. The highest BCUT2D eigenvalue weighted by Gasteiger charge is 2.27. The van der Waals surface area contributed by atoms with Crippen molar-refractivity contribution in [2.45, 2.75) is 33.3 Å². The third kappa shape index (κ3) is 4.98. The van der Waals surface area contributed by atoms with E-state index in [0.29, 0.717) is 37.6 Å². The molecule has 150 valence electrons. The van der Waals surface area contributed by atoms with Crippen LogP contribution < -0.4 is 10.2 Å². The molecule has 0 spiro atoms. The van der Waals surface area contributed by atoms with Crippen molar-refractivity contribution < 1.29 is 14.3 Å². The van der Waals surface area contributed by atoms with Crippen molar-refractivity contribution in [1.29, 1.82) is 0 Å². The zero-order chi connectivity index (χ0) is 20.3. The van der Waals surface area contributed by atoms with E-state index in [1.165, 1.54) is 11.3 Å². The van der Waals surface area contributed by atoms with Gasteiger partial charge in [0.1, 0.15) is 11.3 Å². The van der Waals surface area contributed by atoms with Crippen molar-refractivity contribution in [2.24, 2.45) is 0 Å². The van der Waals surface area contributed by atoms with Gasteiger partial charge in [0, 0.05) is 37.8 Å². The van der Waals surface area contributed by atoms with Gasteiger partial charge in [-0.2, -0.15) is 0 Å². The summed E-state index contributed by atoms with van der Waals surface area (Å²) in [6.07, 6.45) is 3.03. The first-order valence-electron chi connectivity index (χ1n) is 9.13. The Balaban J connectivity index is 1.65. The minimum Gasteiger partial charge on any atom is -0.444 e. The first-order valence-corrected chi connectivity index (χ1v) is 10.0. The summed E-state index contributed by atoms with van der Waals surface area (Å²) in [5.74, 6) is -0.258. The standard InChI is InChI=1S/C19H25N5O3S/c1-13-21-15(12-28-13)17(25)22-14-11-20-6-5-16(14)23-7-9-24(10-8-23)18(26)27-19(2,3)4/h5-6,11-12H,7-10H2,1-4H3,(H,22,25). The van der Waals surface area contributed by atoms with Gasteiger partial charge in [-0.15, -0.1) is 11.3 Å². The number of amides is 2. The van der Waals surface area contributed by atoms with Gasteiger partial charge < -0.3 is 19.9 Å². The predicted molar refractivity (Wildman–Crippen MR) is 109 cm³/mol. The van der Waals surface area contributed by atoms with E-state index >= 15 is 0 Å². The first-order chi connectivity index (χ1) is 13.2. The number of aromatic nitrogens is 2. The molecule has 0 atom stereocenters. The second kappa shape index (κ2) is 8.14. The van der Waals surface area contributed by atoms with Crippen LogP contribution in [0.2, 0.25) is 0 Å². The molecule has 3 heterocycles. The molecular weight excluding hydrogens is 378 g/mol. The number of carbonyl (C=O) groups is 2. The molecule has 0 unspecified atom stereocenters. The molecule has 0 aromatic carbocycles. The quantitative estimate of drug-likeness (QED) is 0.847. The second-order valence-corrected chi connectivity index (χ2v) is 8.62. The van der Waals surface area contributed by atoms with Gasteiger partial charge in [-0.1, -0.05) is 0 Å². The summed E-state index contributed by atoms with van der Waals surface area (Å²) in [4.78, 5) is 36.9. The Bertz CT molecular complexity index is 853. The molecule has 3 rings (SSSR count). The van der Waals surface area contributed by atoms with Crippen LogP contribution in [0.5, 0.6) is 0 Å². The third-order valence-corrected chi connectivity index (χ3v) is 4.94. The SMILES string of the molecule is Cc1nc(C(=O)Nc2cnccc2N2CCN(C(=O)OC(C)(C)C)CC2)cs1. The van der Waals surface area contributed by atoms with E-state index in [0.717, 1.165) is 10.7 Å². The predicted octanol–water partition coefficient (Wildman–Crippen LogP) is 3.16. The fraction of sp³-hybridized carbons (Fsp3) is 0.474. The van der Waals surface area contributed by atoms with E-state index in [-0.39, 0.29) is 12.0 Å². The summed E-state index contributed by atoms with van der Waals surface area (Å²) in [7, 11) is 0. The molecule has 2 amide bonds. The van der Waals surface area contributed by atoms with Crippen molar-refractivity contribution in [2.75, 3.05) is 36.4 Å². The van der Waals surface area contributed by atoms with Crippen LogP contribution >= 0.6 is 11.3 Å². The largest absolute Gasteiger partial charge is 0.444 e. The lowest BCUT2D eigenvalue weighted by molar-refractivity contribution is 0.0240. The zero-order valence-electron chi connectivity index (χ0n) is 16.6. The van der Waals surface area contributed by atoms with Crippen LogP contribution in [0.25, 0.3) is 0 Å². The van der Waals surface area contributed by atoms with Crippen molar-refractivity contribution in [3.63, 3.8) is 0 Å². The Morgan fingerprint density at radius 3 is 2.54 bits per heavy atom. The van der Waals surface area contributed by atoms with Gasteiger partial charge >= 0.3 is 6.09 Å². The molecule has 2 aromatic heterocycles. The van der Waals surface area contributed by atoms with Gasteiger partial charge in [-0.05, 0) is 33.8 Å². The van der Waals surface area contributed by atoms with E-state index in [4.69, 9.17) is 4.74 Å². The maximum atomic E-state index is 12.5. The molecule has 1 fully saturated rings. The summed E-state index contributed by atoms with van der Waals surface area (Å²) in [5.41, 5.74) is 1.39. The maximum Gasteiger partial charge on any atom is 0.410 e. The van der Waals surface area contributed by atoms with Gasteiger partial charge in [0.15, 0.2) is 0 Å². The number of hydrogen-bond donors (Lipinski definition) is 1. The Kier molecular flexibility index (Phi) is 5.83. The van der Waals surface area contributed by atoms with Gasteiger partial charge in [-0.25, -0.2) is 9.78 Å². The molecule has 0 radical (unpaired) electrons. The van der Waals surface area contributed by atoms with Crippen LogP contribution in [-0.4, -0.2) is 58.6 Å². The highest BCUT2D eigenvalue weighted by atomic mass is 32.1. The number of thiazole rings is 1. The lowest BCUT2D eigenvalue weighted by Crippen LogP contribution is -2.50. The van der Waals surface area contributed by atoms with Crippen LogP contribution in [0.15, 0.2) is 23.8 Å². The van der Waals surface area contributed by atoms with Crippen molar-refractivity contribution in [1.82, 2.24) is 14.9 Å². The summed E-state index contributed by atoms with van der Waals surface area (Å²) < 4.78 is 5.44. The number of rotatable bonds is 3. The molecule has 0 aliphatic carbocycles. The van der Waals surface area contributed by atoms with Crippen LogP contribution in [0.4, 0.5) is 16.2 Å². The van der Waals surface area contributed by atoms with E-state index in [1.807, 2.05) is 33.8 Å². The van der Waals surface area contributed by atoms with Crippen molar-refractivity contribution in [3.8, 4) is 0 Å². The normalized spacial score (nSPS) is 14.7. The molecule has 9 heteroatoms. The van der Waals surface area contributed by atoms with E-state index in [2.05, 4.69) is 20.2 Å². The number of ether oxygens (including phenoxy) is 1. The smallest absolute Gasteiger partial charge is 0.410 e. The Morgan fingerprint density at radius 2 is 1.93 bits per heavy atom. The maximum absolute atomic E-state index is 12.5. The topological polar surface area (TPSA) is 87.7 Å². The lowest BCUT2D eigenvalue weighted by atomic mass is 10.2. The number of pyridine rings is 1. The molecule has 0 bridgehead atoms. The number of aryl methyl sites for hydroxylation is 1. The van der Waals surface area contributed by atoms with Gasteiger partial charge in [0.05, 0.1) is 22.6 Å². The zero-order valence-corrected chi connectivity index (χ0v) is 17.4. The Morgan fingerprint density at radius 1 is 1.21 bits per heavy atom. The minimum absolute atomic E-state index is 0.258. The number of nitrogens with zero attached hydrogens (tertiary/aromatic N) is 4. The summed E-state index contributed by atoms with van der Waals surface area (Å²) >= 11 is 1.43. The number of hydrogen-bond acceptors (Lipinski definition) is 7. The van der Waals surface area contributed by atoms with Crippen LogP contribution in [0, 0.1) is 6.92 Å². The fourth-order valence-electron chi connectivity index (χ4n) is 2.87. The molecule has 0 saturated carbocycles. The number of carbonyl (C=O) groups excluding carboxylic acids is 2. The highest BCUT2D eigenvalue weighted by molar-refractivity contribution is 7.09. The monoisotopic (exact) mass is 403 g/mol. The lowest BCUT2D eigenvalue weighted by Gasteiger charge is -2.37. The minimum atomic E-state index is -0.509. The number of nitrogens with one attached hydrogen (secondary N) is 1. The Labute approximate surface area is 168 Å². The summed E-state index contributed by atoms with van der Waals surface area (Å²) in [6.45, 7) is 9.82. The van der Waals surface area contributed by atoms with Crippen molar-refractivity contribution in [3.05, 3.63) is 34.5 Å². The molecule has 1 saturated heterocycles. The molecule has 8 nitrogen and oxygen atoms in total. The van der Waals surface area contributed by atoms with Crippen molar-refractivity contribution >= 4 is 34.7 Å². The summed E-state index contributed by atoms with van der Waals surface area (Å²) in [5, 5.41) is 5.48. The first kappa shape index (κ1) is 20.1. The third-order valence-electron chi connectivity index (χ3n) is 4.17. The average Bonchev–Trinajstić information content (AvgIpc) is 3.07. The van der Waals surface area contributed by atoms with E-state index in [1.54, 1.807) is 22.7 Å². The van der Waals surface area contributed by atoms with Crippen LogP contribution in [-0.2, 0) is 4.74 Å². The molecular formula is C19H25N5O3S. The average molecular weight is 404 g/mol. The highest BCUT2D eigenvalue weighted by Crippen LogP contribution is 2.26. The van der Waals surface area contributed by atoms with E-state index in [9.17, 15) is 9.59 Å². The van der Waals surface area contributed by atoms with Gasteiger partial charge in [0.2, 0.25) is 0 Å². The van der Waals surface area contributed by atoms with Gasteiger partial charge in [-0.3, -0.25) is 9.78 Å². The molecule has 2 aromatic rings.